The molecule has 0 fully saturated rings. The number of fused-ring (bicyclic) bond motifs is 2. The van der Waals surface area contributed by atoms with Crippen LogP contribution in [-0.2, 0) is 0 Å². The molecular weight excluding hydrogens is 208 g/mol. The predicted molar refractivity (Wildman–Crippen MR) is 74.1 cm³/mol. The van der Waals surface area contributed by atoms with Crippen molar-refractivity contribution in [3.05, 3.63) is 48.2 Å². The maximum absolute atomic E-state index is 4.62. The van der Waals surface area contributed by atoms with Crippen molar-refractivity contribution in [2.75, 3.05) is 5.32 Å². The summed E-state index contributed by atoms with van der Waals surface area (Å²) in [7, 11) is 0. The fourth-order valence-corrected chi connectivity index (χ4v) is 2.21. The van der Waals surface area contributed by atoms with Crippen molar-refractivity contribution < 1.29 is 0 Å². The van der Waals surface area contributed by atoms with E-state index in [1.807, 2.05) is 6.92 Å². The second-order valence-corrected chi connectivity index (χ2v) is 4.42. The van der Waals surface area contributed by atoms with Crippen LogP contribution in [0.1, 0.15) is 13.8 Å². The third-order valence-corrected chi connectivity index (χ3v) is 2.92. The van der Waals surface area contributed by atoms with Gasteiger partial charge >= 0.3 is 0 Å². The molecule has 0 saturated carbocycles. The summed E-state index contributed by atoms with van der Waals surface area (Å²) < 4.78 is 0. The first-order valence-corrected chi connectivity index (χ1v) is 5.76. The molecule has 3 rings (SSSR count). The number of hydrogen-bond acceptors (Lipinski definition) is 2. The zero-order valence-electron chi connectivity index (χ0n) is 9.99. The van der Waals surface area contributed by atoms with Crippen LogP contribution in [0, 0.1) is 0 Å². The van der Waals surface area contributed by atoms with Gasteiger partial charge in [-0.3, -0.25) is 4.99 Å². The van der Waals surface area contributed by atoms with Crippen LogP contribution >= 0.6 is 0 Å². The van der Waals surface area contributed by atoms with Gasteiger partial charge in [-0.1, -0.05) is 24.3 Å². The van der Waals surface area contributed by atoms with Crippen molar-refractivity contribution in [3.8, 4) is 0 Å². The molecule has 1 aliphatic heterocycles. The minimum Gasteiger partial charge on any atom is -0.357 e. The van der Waals surface area contributed by atoms with Crippen molar-refractivity contribution in [1.82, 2.24) is 0 Å². The average Bonchev–Trinajstić information content (AvgIpc) is 2.42. The van der Waals surface area contributed by atoms with Crippen LogP contribution in [0.4, 0.5) is 11.4 Å². The molecule has 0 atom stereocenters. The SMILES string of the molecule is CC1=CC(C)=Nc2cc3ccccc3cc2N1. The minimum absolute atomic E-state index is 1.01. The van der Waals surface area contributed by atoms with E-state index in [9.17, 15) is 0 Å². The van der Waals surface area contributed by atoms with Crippen molar-refractivity contribution >= 4 is 27.9 Å². The first kappa shape index (κ1) is 10.1. The van der Waals surface area contributed by atoms with Crippen LogP contribution in [0.15, 0.2) is 53.2 Å². The van der Waals surface area contributed by atoms with Crippen LogP contribution in [-0.4, -0.2) is 5.71 Å². The predicted octanol–water partition coefficient (Wildman–Crippen LogP) is 4.26. The molecule has 0 aliphatic carbocycles. The van der Waals surface area contributed by atoms with E-state index in [0.717, 1.165) is 22.8 Å². The number of hydrogen-bond donors (Lipinski definition) is 1. The average molecular weight is 222 g/mol. The third-order valence-electron chi connectivity index (χ3n) is 2.92. The molecule has 0 amide bonds. The number of anilines is 1. The molecule has 0 bridgehead atoms. The van der Waals surface area contributed by atoms with Gasteiger partial charge in [-0.15, -0.1) is 0 Å². The normalized spacial score (nSPS) is 14.5. The molecule has 0 unspecified atom stereocenters. The standard InChI is InChI=1S/C15H14N2/c1-10-7-11(2)17-15-9-13-6-4-3-5-12(13)8-14(15)16-10/h3-9,16H,1-2H3. The first-order valence-electron chi connectivity index (χ1n) is 5.76. The van der Waals surface area contributed by atoms with Gasteiger partial charge in [-0.2, -0.15) is 0 Å². The number of allylic oxidation sites excluding steroid dienone is 2. The zero-order chi connectivity index (χ0) is 11.8. The maximum atomic E-state index is 4.62. The third kappa shape index (κ3) is 1.82. The number of aliphatic imine (C=N–C) groups is 1. The first-order chi connectivity index (χ1) is 8.22. The molecule has 2 nitrogen and oxygen atoms in total. The Hall–Kier alpha value is -2.09. The van der Waals surface area contributed by atoms with E-state index in [1.165, 1.54) is 10.8 Å². The van der Waals surface area contributed by atoms with Crippen LogP contribution in [0.3, 0.4) is 0 Å². The molecule has 17 heavy (non-hydrogen) atoms. The van der Waals surface area contributed by atoms with Crippen LogP contribution < -0.4 is 5.32 Å². The summed E-state index contributed by atoms with van der Waals surface area (Å²) in [4.78, 5) is 4.62. The van der Waals surface area contributed by atoms with E-state index in [-0.39, 0.29) is 0 Å². The lowest BCUT2D eigenvalue weighted by atomic mass is 10.1. The lowest BCUT2D eigenvalue weighted by Crippen LogP contribution is -1.95. The number of nitrogens with zero attached hydrogens (tertiary/aromatic N) is 1. The largest absolute Gasteiger partial charge is 0.357 e. The van der Waals surface area contributed by atoms with Gasteiger partial charge in [-0.05, 0) is 42.8 Å². The molecule has 84 valence electrons. The van der Waals surface area contributed by atoms with Gasteiger partial charge in [0.1, 0.15) is 0 Å². The number of nitrogens with one attached hydrogen (secondary N) is 1. The number of rotatable bonds is 0. The van der Waals surface area contributed by atoms with Gasteiger partial charge in [0, 0.05) is 11.4 Å². The van der Waals surface area contributed by atoms with E-state index in [4.69, 9.17) is 0 Å². The maximum Gasteiger partial charge on any atom is 0.0873 e. The summed E-state index contributed by atoms with van der Waals surface area (Å²) in [5.74, 6) is 0. The highest BCUT2D eigenvalue weighted by Crippen LogP contribution is 2.33. The minimum atomic E-state index is 1.01. The van der Waals surface area contributed by atoms with E-state index >= 15 is 0 Å². The van der Waals surface area contributed by atoms with E-state index in [2.05, 4.69) is 59.7 Å². The summed E-state index contributed by atoms with van der Waals surface area (Å²) in [5.41, 5.74) is 4.24. The molecule has 0 saturated heterocycles. The van der Waals surface area contributed by atoms with Crippen LogP contribution in [0.25, 0.3) is 10.8 Å². The molecule has 1 N–H and O–H groups in total. The zero-order valence-corrected chi connectivity index (χ0v) is 9.99. The van der Waals surface area contributed by atoms with E-state index in [1.54, 1.807) is 0 Å². The van der Waals surface area contributed by atoms with Gasteiger partial charge in [0.05, 0.1) is 11.4 Å². The monoisotopic (exact) mass is 222 g/mol. The Bertz CT molecular complexity index is 651. The molecule has 0 spiro atoms. The van der Waals surface area contributed by atoms with Gasteiger partial charge in [0.25, 0.3) is 0 Å². The van der Waals surface area contributed by atoms with Crippen molar-refractivity contribution in [2.24, 2.45) is 4.99 Å². The summed E-state index contributed by atoms with van der Waals surface area (Å²) in [5, 5.41) is 5.85. The highest BCUT2D eigenvalue weighted by atomic mass is 14.9. The Morgan fingerprint density at radius 2 is 1.71 bits per heavy atom. The highest BCUT2D eigenvalue weighted by Gasteiger charge is 2.07. The van der Waals surface area contributed by atoms with E-state index < -0.39 is 0 Å². The van der Waals surface area contributed by atoms with Crippen LogP contribution in [0.5, 0.6) is 0 Å². The smallest absolute Gasteiger partial charge is 0.0873 e. The Morgan fingerprint density at radius 3 is 2.47 bits per heavy atom. The lowest BCUT2D eigenvalue weighted by molar-refractivity contribution is 1.40. The van der Waals surface area contributed by atoms with Gasteiger partial charge in [0.2, 0.25) is 0 Å². The summed E-state index contributed by atoms with van der Waals surface area (Å²) in [6.07, 6.45) is 2.06. The molecule has 1 heterocycles. The van der Waals surface area contributed by atoms with Gasteiger partial charge in [0.15, 0.2) is 0 Å². The van der Waals surface area contributed by atoms with Crippen LogP contribution in [0.2, 0.25) is 0 Å². The Kier molecular flexibility index (Phi) is 2.22. The molecule has 0 aromatic heterocycles. The van der Waals surface area contributed by atoms with Crippen molar-refractivity contribution in [1.29, 1.82) is 0 Å². The number of benzene rings is 2. The fourth-order valence-electron chi connectivity index (χ4n) is 2.21. The molecule has 1 aliphatic rings. The summed E-state index contributed by atoms with van der Waals surface area (Å²) in [6.45, 7) is 4.08. The van der Waals surface area contributed by atoms with E-state index in [0.29, 0.717) is 0 Å². The van der Waals surface area contributed by atoms with Gasteiger partial charge in [-0.25, -0.2) is 0 Å². The molecule has 2 heteroatoms. The molecule has 2 aromatic rings. The van der Waals surface area contributed by atoms with Gasteiger partial charge < -0.3 is 5.32 Å². The van der Waals surface area contributed by atoms with Crippen molar-refractivity contribution in [3.63, 3.8) is 0 Å². The Morgan fingerprint density at radius 1 is 1.00 bits per heavy atom. The quantitative estimate of drug-likeness (QED) is 0.707. The summed E-state index contributed by atoms with van der Waals surface area (Å²) in [6, 6.07) is 12.6. The van der Waals surface area contributed by atoms with Crippen molar-refractivity contribution in [2.45, 2.75) is 13.8 Å². The summed E-state index contributed by atoms with van der Waals surface area (Å²) >= 11 is 0. The highest BCUT2D eigenvalue weighted by molar-refractivity contribution is 6.00. The molecular formula is C15H14N2. The Labute approximate surface area is 101 Å². The second kappa shape index (κ2) is 3.74. The molecule has 2 aromatic carbocycles. The Balaban J connectivity index is 2.28. The molecule has 0 radical (unpaired) electrons. The lowest BCUT2D eigenvalue weighted by Gasteiger charge is -2.09. The second-order valence-electron chi connectivity index (χ2n) is 4.42. The topological polar surface area (TPSA) is 24.4 Å². The fraction of sp³-hybridized carbons (Fsp3) is 0.133.